The maximum absolute atomic E-state index is 12.0. The molecule has 2 aromatic heterocycles. The van der Waals surface area contributed by atoms with E-state index in [9.17, 15) is 4.79 Å². The highest BCUT2D eigenvalue weighted by atomic mass is 32.1. The highest BCUT2D eigenvalue weighted by molar-refractivity contribution is 7.13. The van der Waals surface area contributed by atoms with Crippen molar-refractivity contribution in [1.29, 1.82) is 0 Å². The van der Waals surface area contributed by atoms with Crippen LogP contribution >= 0.6 is 11.3 Å². The van der Waals surface area contributed by atoms with Crippen molar-refractivity contribution in [2.45, 2.75) is 18.9 Å². The molecule has 0 radical (unpaired) electrons. The van der Waals surface area contributed by atoms with E-state index >= 15 is 0 Å². The minimum Gasteiger partial charge on any atom is -0.474 e. The van der Waals surface area contributed by atoms with Gasteiger partial charge >= 0.3 is 0 Å². The van der Waals surface area contributed by atoms with Gasteiger partial charge in [0.05, 0.1) is 18.8 Å². The van der Waals surface area contributed by atoms with Gasteiger partial charge in [0.15, 0.2) is 5.13 Å². The lowest BCUT2D eigenvalue weighted by Crippen LogP contribution is -2.26. The highest BCUT2D eigenvalue weighted by Crippen LogP contribution is 2.17. The van der Waals surface area contributed by atoms with Crippen molar-refractivity contribution in [1.82, 2.24) is 9.97 Å². The summed E-state index contributed by atoms with van der Waals surface area (Å²) >= 11 is 1.37. The summed E-state index contributed by atoms with van der Waals surface area (Å²) in [4.78, 5) is 20.2. The number of ether oxygens (including phenoxy) is 2. The Kier molecular flexibility index (Phi) is 4.42. The van der Waals surface area contributed by atoms with Gasteiger partial charge in [0.1, 0.15) is 6.10 Å². The average Bonchev–Trinajstić information content (AvgIpc) is 3.02. The lowest BCUT2D eigenvalue weighted by Gasteiger charge is -2.22. The summed E-state index contributed by atoms with van der Waals surface area (Å²) in [5, 5.41) is 5.09. The Labute approximate surface area is 126 Å². The van der Waals surface area contributed by atoms with Crippen LogP contribution in [0, 0.1) is 0 Å². The van der Waals surface area contributed by atoms with Gasteiger partial charge in [-0.25, -0.2) is 9.97 Å². The minimum absolute atomic E-state index is 0.140. The molecule has 21 heavy (non-hydrogen) atoms. The summed E-state index contributed by atoms with van der Waals surface area (Å²) in [6.45, 7) is 1.44. The van der Waals surface area contributed by atoms with Crippen molar-refractivity contribution in [2.75, 3.05) is 18.5 Å². The lowest BCUT2D eigenvalue weighted by molar-refractivity contribution is 0.0237. The van der Waals surface area contributed by atoms with Gasteiger partial charge in [-0.1, -0.05) is 0 Å². The fourth-order valence-electron chi connectivity index (χ4n) is 2.00. The molecule has 7 heteroatoms. The number of nitrogens with one attached hydrogen (secondary N) is 1. The van der Waals surface area contributed by atoms with Crippen LogP contribution < -0.4 is 10.1 Å². The third-order valence-corrected chi connectivity index (χ3v) is 3.80. The molecule has 110 valence electrons. The minimum atomic E-state index is -0.227. The number of amides is 1. The first-order valence-electron chi connectivity index (χ1n) is 6.72. The molecule has 0 aromatic carbocycles. The van der Waals surface area contributed by atoms with Crippen LogP contribution in [0.15, 0.2) is 29.9 Å². The molecule has 0 spiro atoms. The normalized spacial score (nSPS) is 15.6. The zero-order valence-electron chi connectivity index (χ0n) is 11.3. The summed E-state index contributed by atoms with van der Waals surface area (Å²) in [5.41, 5.74) is 0.476. The maximum atomic E-state index is 12.0. The Balaban J connectivity index is 1.59. The van der Waals surface area contributed by atoms with Crippen LogP contribution in [0.25, 0.3) is 0 Å². The van der Waals surface area contributed by atoms with Crippen molar-refractivity contribution in [3.63, 3.8) is 0 Å². The Morgan fingerprint density at radius 2 is 2.19 bits per heavy atom. The van der Waals surface area contributed by atoms with Gasteiger partial charge in [0.25, 0.3) is 5.91 Å². The van der Waals surface area contributed by atoms with E-state index in [4.69, 9.17) is 9.47 Å². The second kappa shape index (κ2) is 6.64. The quantitative estimate of drug-likeness (QED) is 0.938. The van der Waals surface area contributed by atoms with Gasteiger partial charge in [0, 0.05) is 36.7 Å². The Morgan fingerprint density at radius 1 is 1.33 bits per heavy atom. The lowest BCUT2D eigenvalue weighted by atomic mass is 10.1. The van der Waals surface area contributed by atoms with E-state index in [-0.39, 0.29) is 12.0 Å². The van der Waals surface area contributed by atoms with E-state index < -0.39 is 0 Å². The zero-order valence-corrected chi connectivity index (χ0v) is 12.1. The van der Waals surface area contributed by atoms with E-state index in [1.807, 2.05) is 0 Å². The molecule has 1 N–H and O–H groups in total. The summed E-state index contributed by atoms with van der Waals surface area (Å²) in [6.07, 6.45) is 5.03. The topological polar surface area (TPSA) is 73.3 Å². The fraction of sp³-hybridized carbons (Fsp3) is 0.357. The van der Waals surface area contributed by atoms with Crippen molar-refractivity contribution < 1.29 is 14.3 Å². The number of hydrogen-bond donors (Lipinski definition) is 1. The molecule has 0 saturated carbocycles. The van der Waals surface area contributed by atoms with Crippen molar-refractivity contribution in [3.8, 4) is 5.88 Å². The summed E-state index contributed by atoms with van der Waals surface area (Å²) < 4.78 is 11.0. The van der Waals surface area contributed by atoms with Gasteiger partial charge in [0.2, 0.25) is 5.88 Å². The van der Waals surface area contributed by atoms with Crippen molar-refractivity contribution in [2.24, 2.45) is 0 Å². The fourth-order valence-corrected chi connectivity index (χ4v) is 2.53. The second-order valence-corrected chi connectivity index (χ2v) is 5.50. The molecule has 3 rings (SSSR count). The number of aromatic nitrogens is 2. The maximum Gasteiger partial charge on any atom is 0.259 e. The average molecular weight is 305 g/mol. The summed E-state index contributed by atoms with van der Waals surface area (Å²) in [7, 11) is 0. The number of carbonyl (C=O) groups excluding carboxylic acids is 1. The SMILES string of the molecule is O=C(Nc1nccs1)c1ccc(OC2CCOCC2)nc1. The van der Waals surface area contributed by atoms with Crippen molar-refractivity contribution in [3.05, 3.63) is 35.5 Å². The number of carbonyl (C=O) groups is 1. The highest BCUT2D eigenvalue weighted by Gasteiger charge is 2.16. The van der Waals surface area contributed by atoms with Crippen LogP contribution in [0.1, 0.15) is 23.2 Å². The number of anilines is 1. The Bertz CT molecular complexity index is 580. The van der Waals surface area contributed by atoms with E-state index in [1.54, 1.807) is 23.7 Å². The van der Waals surface area contributed by atoms with Crippen LogP contribution in [0.5, 0.6) is 5.88 Å². The first kappa shape index (κ1) is 14.0. The molecule has 0 aliphatic carbocycles. The van der Waals surface area contributed by atoms with E-state index in [0.29, 0.717) is 16.6 Å². The molecule has 1 saturated heterocycles. The summed E-state index contributed by atoms with van der Waals surface area (Å²) in [5.74, 6) is 0.308. The van der Waals surface area contributed by atoms with Gasteiger partial charge in [-0.3, -0.25) is 10.1 Å². The number of nitrogens with zero attached hydrogens (tertiary/aromatic N) is 2. The van der Waals surface area contributed by atoms with Crippen LogP contribution in [0.4, 0.5) is 5.13 Å². The molecule has 1 aliphatic rings. The third kappa shape index (κ3) is 3.77. The molecule has 6 nitrogen and oxygen atoms in total. The molecule has 3 heterocycles. The monoisotopic (exact) mass is 305 g/mol. The number of rotatable bonds is 4. The molecular weight excluding hydrogens is 290 g/mol. The number of thiazole rings is 1. The molecule has 2 aromatic rings. The number of pyridine rings is 1. The predicted octanol–water partition coefficient (Wildman–Crippen LogP) is 2.35. The zero-order chi connectivity index (χ0) is 14.5. The van der Waals surface area contributed by atoms with E-state index in [0.717, 1.165) is 26.1 Å². The van der Waals surface area contributed by atoms with Crippen LogP contribution in [-0.2, 0) is 4.74 Å². The Morgan fingerprint density at radius 3 is 2.86 bits per heavy atom. The van der Waals surface area contributed by atoms with Crippen LogP contribution in [-0.4, -0.2) is 35.2 Å². The van der Waals surface area contributed by atoms with Gasteiger partial charge in [-0.05, 0) is 6.07 Å². The molecule has 1 amide bonds. The van der Waals surface area contributed by atoms with Crippen LogP contribution in [0.2, 0.25) is 0 Å². The van der Waals surface area contributed by atoms with E-state index in [1.165, 1.54) is 17.5 Å². The molecule has 0 atom stereocenters. The standard InChI is InChI=1S/C14H15N3O3S/c18-13(17-14-15-5-8-21-14)10-1-2-12(16-9-10)20-11-3-6-19-7-4-11/h1-2,5,8-9,11H,3-4,6-7H2,(H,15,17,18). The first-order valence-corrected chi connectivity index (χ1v) is 7.60. The smallest absolute Gasteiger partial charge is 0.259 e. The molecule has 1 aliphatic heterocycles. The second-order valence-electron chi connectivity index (χ2n) is 4.61. The van der Waals surface area contributed by atoms with Crippen molar-refractivity contribution >= 4 is 22.4 Å². The molecule has 0 unspecified atom stereocenters. The predicted molar refractivity (Wildman–Crippen MR) is 78.8 cm³/mol. The van der Waals surface area contributed by atoms with E-state index in [2.05, 4.69) is 15.3 Å². The largest absolute Gasteiger partial charge is 0.474 e. The first-order chi connectivity index (χ1) is 10.3. The Hall–Kier alpha value is -1.99. The van der Waals surface area contributed by atoms with Gasteiger partial charge in [-0.15, -0.1) is 11.3 Å². The molecule has 1 fully saturated rings. The van der Waals surface area contributed by atoms with Crippen LogP contribution in [0.3, 0.4) is 0 Å². The van der Waals surface area contributed by atoms with Gasteiger partial charge < -0.3 is 9.47 Å². The molecule has 0 bridgehead atoms. The van der Waals surface area contributed by atoms with Gasteiger partial charge in [-0.2, -0.15) is 0 Å². The third-order valence-electron chi connectivity index (χ3n) is 3.11. The molecular formula is C14H15N3O3S. The summed E-state index contributed by atoms with van der Waals surface area (Å²) in [6, 6.07) is 3.41. The number of hydrogen-bond acceptors (Lipinski definition) is 6.